The van der Waals surface area contributed by atoms with Crippen LogP contribution in [0.3, 0.4) is 0 Å². The fraction of sp³-hybridized carbons (Fsp3) is 0.611. The number of hydrogen-bond donors (Lipinski definition) is 0. The van der Waals surface area contributed by atoms with Crippen LogP contribution in [0.5, 0.6) is 0 Å². The molecule has 1 aliphatic carbocycles. The standard InChI is InChI=1S/C18H25N5O/c1-21-10-5-7-16(21)17-6-3-2-4-11-23(17)18(24)13-22-12-15(19-20-22)14-8-9-14/h5,7,10,12,14,17H,2-4,6,8-9,11,13H2,1H3/t17-/m0/s1. The van der Waals surface area contributed by atoms with Crippen LogP contribution in [0, 0.1) is 0 Å². The highest BCUT2D eigenvalue weighted by atomic mass is 16.2. The van der Waals surface area contributed by atoms with Crippen molar-refractivity contribution >= 4 is 5.91 Å². The molecule has 0 bridgehead atoms. The minimum atomic E-state index is 0.148. The molecule has 0 radical (unpaired) electrons. The Labute approximate surface area is 142 Å². The first-order valence-corrected chi connectivity index (χ1v) is 9.03. The van der Waals surface area contributed by atoms with Crippen LogP contribution in [-0.4, -0.2) is 36.9 Å². The van der Waals surface area contributed by atoms with Crippen molar-refractivity contribution in [3.63, 3.8) is 0 Å². The van der Waals surface area contributed by atoms with Gasteiger partial charge in [0.05, 0.1) is 11.7 Å². The Balaban J connectivity index is 1.51. The van der Waals surface area contributed by atoms with Gasteiger partial charge in [0, 0.05) is 37.6 Å². The number of nitrogens with zero attached hydrogens (tertiary/aromatic N) is 5. The van der Waals surface area contributed by atoms with Gasteiger partial charge in [-0.3, -0.25) is 4.79 Å². The summed E-state index contributed by atoms with van der Waals surface area (Å²) >= 11 is 0. The summed E-state index contributed by atoms with van der Waals surface area (Å²) in [5, 5.41) is 8.37. The minimum absolute atomic E-state index is 0.148. The van der Waals surface area contributed by atoms with Gasteiger partial charge in [-0.1, -0.05) is 18.1 Å². The molecule has 6 heteroatoms. The zero-order chi connectivity index (χ0) is 16.5. The first-order valence-electron chi connectivity index (χ1n) is 9.03. The van der Waals surface area contributed by atoms with Crippen molar-refractivity contribution < 1.29 is 4.79 Å². The van der Waals surface area contributed by atoms with E-state index in [4.69, 9.17) is 0 Å². The number of hydrogen-bond acceptors (Lipinski definition) is 3. The molecule has 1 saturated carbocycles. The van der Waals surface area contributed by atoms with Crippen molar-refractivity contribution in [1.82, 2.24) is 24.5 Å². The van der Waals surface area contributed by atoms with E-state index in [1.54, 1.807) is 4.68 Å². The Morgan fingerprint density at radius 3 is 2.88 bits per heavy atom. The van der Waals surface area contributed by atoms with Crippen LogP contribution in [0.1, 0.15) is 61.9 Å². The Bertz CT molecular complexity index is 715. The molecule has 2 aliphatic rings. The van der Waals surface area contributed by atoms with Gasteiger partial charge >= 0.3 is 0 Å². The molecule has 1 saturated heterocycles. The maximum Gasteiger partial charge on any atom is 0.244 e. The molecule has 2 fully saturated rings. The highest BCUT2D eigenvalue weighted by Gasteiger charge is 2.30. The van der Waals surface area contributed by atoms with Gasteiger partial charge in [-0.25, -0.2) is 4.68 Å². The number of amides is 1. The average Bonchev–Trinajstić information content (AvgIpc) is 3.26. The number of aromatic nitrogens is 4. The third kappa shape index (κ3) is 3.09. The van der Waals surface area contributed by atoms with E-state index in [-0.39, 0.29) is 11.9 Å². The summed E-state index contributed by atoms with van der Waals surface area (Å²) in [4.78, 5) is 15.0. The van der Waals surface area contributed by atoms with Crippen LogP contribution in [0.4, 0.5) is 0 Å². The molecule has 128 valence electrons. The Hall–Kier alpha value is -2.11. The predicted octanol–water partition coefficient (Wildman–Crippen LogP) is 2.64. The molecule has 2 aromatic heterocycles. The fourth-order valence-corrected chi connectivity index (χ4v) is 3.72. The molecular formula is C18H25N5O. The Morgan fingerprint density at radius 2 is 2.12 bits per heavy atom. The maximum atomic E-state index is 13.0. The molecule has 0 N–H and O–H groups in total. The van der Waals surface area contributed by atoms with E-state index in [1.807, 2.05) is 6.20 Å². The topological polar surface area (TPSA) is 56.0 Å². The summed E-state index contributed by atoms with van der Waals surface area (Å²) in [5.74, 6) is 0.721. The number of carbonyl (C=O) groups excluding carboxylic acids is 1. The first-order chi connectivity index (χ1) is 11.7. The van der Waals surface area contributed by atoms with Crippen LogP contribution < -0.4 is 0 Å². The second kappa shape index (κ2) is 6.42. The van der Waals surface area contributed by atoms with E-state index >= 15 is 0 Å². The number of aryl methyl sites for hydroxylation is 1. The van der Waals surface area contributed by atoms with Crippen LogP contribution in [-0.2, 0) is 18.4 Å². The van der Waals surface area contributed by atoms with Gasteiger partial charge in [0.1, 0.15) is 6.54 Å². The summed E-state index contributed by atoms with van der Waals surface area (Å²) in [6, 6.07) is 4.37. The highest BCUT2D eigenvalue weighted by Crippen LogP contribution is 2.38. The van der Waals surface area contributed by atoms with Crippen molar-refractivity contribution in [2.24, 2.45) is 7.05 Å². The lowest BCUT2D eigenvalue weighted by atomic mass is 10.1. The summed E-state index contributed by atoms with van der Waals surface area (Å²) in [7, 11) is 2.06. The third-order valence-corrected chi connectivity index (χ3v) is 5.25. The Kier molecular flexibility index (Phi) is 4.12. The summed E-state index contributed by atoms with van der Waals surface area (Å²) in [6.45, 7) is 1.12. The lowest BCUT2D eigenvalue weighted by Crippen LogP contribution is -2.37. The normalized spacial score (nSPS) is 21.7. The smallest absolute Gasteiger partial charge is 0.244 e. The predicted molar refractivity (Wildman–Crippen MR) is 90.3 cm³/mol. The zero-order valence-electron chi connectivity index (χ0n) is 14.3. The molecule has 1 aliphatic heterocycles. The number of rotatable bonds is 4. The molecule has 0 aromatic carbocycles. The molecular weight excluding hydrogens is 302 g/mol. The van der Waals surface area contributed by atoms with Crippen molar-refractivity contribution in [1.29, 1.82) is 0 Å². The molecule has 6 nitrogen and oxygen atoms in total. The number of carbonyl (C=O) groups is 1. The molecule has 1 atom stereocenters. The Morgan fingerprint density at radius 1 is 1.25 bits per heavy atom. The van der Waals surface area contributed by atoms with Crippen molar-refractivity contribution in [2.75, 3.05) is 6.54 Å². The fourth-order valence-electron chi connectivity index (χ4n) is 3.72. The van der Waals surface area contributed by atoms with E-state index in [0.717, 1.165) is 25.1 Å². The zero-order valence-corrected chi connectivity index (χ0v) is 14.3. The average molecular weight is 327 g/mol. The van der Waals surface area contributed by atoms with Crippen molar-refractivity contribution in [3.05, 3.63) is 35.9 Å². The van der Waals surface area contributed by atoms with E-state index in [0.29, 0.717) is 12.5 Å². The first kappa shape index (κ1) is 15.4. The molecule has 1 amide bonds. The van der Waals surface area contributed by atoms with Gasteiger partial charge in [0.25, 0.3) is 0 Å². The molecule has 0 unspecified atom stereocenters. The van der Waals surface area contributed by atoms with Gasteiger partial charge in [-0.05, 0) is 37.8 Å². The summed E-state index contributed by atoms with van der Waals surface area (Å²) < 4.78 is 3.85. The second-order valence-corrected chi connectivity index (χ2v) is 7.11. The van der Waals surface area contributed by atoms with Gasteiger partial charge in [0.15, 0.2) is 0 Å². The van der Waals surface area contributed by atoms with Crippen molar-refractivity contribution in [3.8, 4) is 0 Å². The van der Waals surface area contributed by atoms with Crippen LogP contribution in [0.15, 0.2) is 24.5 Å². The maximum absolute atomic E-state index is 13.0. The minimum Gasteiger partial charge on any atom is -0.353 e. The summed E-state index contributed by atoms with van der Waals surface area (Å²) in [5.41, 5.74) is 2.26. The molecule has 3 heterocycles. The van der Waals surface area contributed by atoms with Crippen molar-refractivity contribution in [2.45, 2.75) is 57.0 Å². The number of likely N-dealkylation sites (tertiary alicyclic amines) is 1. The van der Waals surface area contributed by atoms with E-state index in [9.17, 15) is 4.79 Å². The van der Waals surface area contributed by atoms with Gasteiger partial charge in [-0.15, -0.1) is 5.10 Å². The third-order valence-electron chi connectivity index (χ3n) is 5.25. The molecule has 24 heavy (non-hydrogen) atoms. The molecule has 0 spiro atoms. The van der Waals surface area contributed by atoms with E-state index in [2.05, 4.69) is 45.2 Å². The monoisotopic (exact) mass is 327 g/mol. The lowest BCUT2D eigenvalue weighted by molar-refractivity contribution is -0.134. The van der Waals surface area contributed by atoms with Crippen LogP contribution in [0.25, 0.3) is 0 Å². The molecule has 2 aromatic rings. The second-order valence-electron chi connectivity index (χ2n) is 7.11. The van der Waals surface area contributed by atoms with E-state index in [1.165, 1.54) is 31.4 Å². The van der Waals surface area contributed by atoms with Gasteiger partial charge < -0.3 is 9.47 Å². The van der Waals surface area contributed by atoms with Gasteiger partial charge in [0.2, 0.25) is 5.91 Å². The SMILES string of the molecule is Cn1cccc1[C@@H]1CCCCCN1C(=O)Cn1cc(C2CC2)nn1. The lowest BCUT2D eigenvalue weighted by Gasteiger charge is -2.30. The largest absolute Gasteiger partial charge is 0.353 e. The van der Waals surface area contributed by atoms with Gasteiger partial charge in [-0.2, -0.15) is 0 Å². The van der Waals surface area contributed by atoms with Crippen LogP contribution >= 0.6 is 0 Å². The van der Waals surface area contributed by atoms with E-state index < -0.39 is 0 Å². The summed E-state index contributed by atoms with van der Waals surface area (Å²) in [6.07, 6.45) is 10.9. The van der Waals surface area contributed by atoms with Crippen LogP contribution in [0.2, 0.25) is 0 Å². The quantitative estimate of drug-likeness (QED) is 0.867. The highest BCUT2D eigenvalue weighted by molar-refractivity contribution is 5.76. The molecule has 4 rings (SSSR count).